The summed E-state index contributed by atoms with van der Waals surface area (Å²) in [5.41, 5.74) is 4.57. The van der Waals surface area contributed by atoms with E-state index >= 15 is 0 Å². The first kappa shape index (κ1) is 8.82. The Morgan fingerprint density at radius 2 is 2.30 bits per heavy atom. The number of carbonyl (C=O) groups is 1. The van der Waals surface area contributed by atoms with Gasteiger partial charge in [-0.15, -0.1) is 0 Å². The monoisotopic (exact) mass is 330 g/mol. The second kappa shape index (κ2) is 6.70. The van der Waals surface area contributed by atoms with Crippen molar-refractivity contribution in [3.8, 4) is 0 Å². The standard InChI is InChI=1S/C16H27N5O2/c1-9-5-6-10(7-12(9)22)19-14-11(13(17)23)8-18-15(20-14)21-16(2,3)4/h8-10,12,22H,5-7H2,1-4H3,(H2,17,23)(H2,18,19,20,21)/i1D3,5D2,6D2,9D,12D. The summed E-state index contributed by atoms with van der Waals surface area (Å²) >= 11 is 0. The van der Waals surface area contributed by atoms with Crippen LogP contribution in [0.5, 0.6) is 0 Å². The van der Waals surface area contributed by atoms with E-state index in [1.165, 1.54) is 0 Å². The molecule has 1 heterocycles. The summed E-state index contributed by atoms with van der Waals surface area (Å²) in [6, 6.07) is -1.75. The highest BCUT2D eigenvalue weighted by molar-refractivity contribution is 5.97. The molecule has 0 radical (unpaired) electrons. The first-order chi connectivity index (χ1) is 14.1. The van der Waals surface area contributed by atoms with Crippen molar-refractivity contribution in [1.82, 2.24) is 9.97 Å². The first-order valence-corrected chi connectivity index (χ1v) is 7.02. The van der Waals surface area contributed by atoms with E-state index in [0.717, 1.165) is 6.20 Å². The Labute approximate surface area is 149 Å². The highest BCUT2D eigenvalue weighted by Gasteiger charge is 2.27. The molecule has 0 aliphatic heterocycles. The predicted octanol–water partition coefficient (Wildman–Crippen LogP) is 1.75. The molecule has 128 valence electrons. The summed E-state index contributed by atoms with van der Waals surface area (Å²) in [5, 5.41) is 16.0. The lowest BCUT2D eigenvalue weighted by Gasteiger charge is -2.32. The Morgan fingerprint density at radius 1 is 1.57 bits per heavy atom. The van der Waals surface area contributed by atoms with Crippen LogP contribution < -0.4 is 16.4 Å². The fourth-order valence-electron chi connectivity index (χ4n) is 1.90. The van der Waals surface area contributed by atoms with Crippen LogP contribution in [0.25, 0.3) is 0 Å². The molecule has 7 nitrogen and oxygen atoms in total. The zero-order chi connectivity index (χ0) is 25.1. The van der Waals surface area contributed by atoms with Crippen LogP contribution in [0.4, 0.5) is 11.8 Å². The van der Waals surface area contributed by atoms with Crippen LogP contribution in [0.1, 0.15) is 69.5 Å². The van der Waals surface area contributed by atoms with Crippen molar-refractivity contribution in [3.63, 3.8) is 0 Å². The highest BCUT2D eigenvalue weighted by Crippen LogP contribution is 2.27. The lowest BCUT2D eigenvalue weighted by atomic mass is 9.85. The van der Waals surface area contributed by atoms with Gasteiger partial charge in [-0.2, -0.15) is 4.98 Å². The van der Waals surface area contributed by atoms with Crippen molar-refractivity contribution in [2.24, 2.45) is 11.6 Å². The maximum absolute atomic E-state index is 11.8. The van der Waals surface area contributed by atoms with Crippen LogP contribution in [0.3, 0.4) is 0 Å². The number of carbonyl (C=O) groups excluding carboxylic acids is 1. The zero-order valence-electron chi connectivity index (χ0n) is 22.2. The van der Waals surface area contributed by atoms with Crippen molar-refractivity contribution in [1.29, 1.82) is 0 Å². The first-order valence-electron chi connectivity index (χ1n) is 11.5. The predicted molar refractivity (Wildman–Crippen MR) is 90.4 cm³/mol. The molecule has 0 saturated heterocycles. The van der Waals surface area contributed by atoms with Crippen LogP contribution in [-0.2, 0) is 0 Å². The fourth-order valence-corrected chi connectivity index (χ4v) is 1.90. The van der Waals surface area contributed by atoms with E-state index in [9.17, 15) is 9.90 Å². The summed E-state index contributed by atoms with van der Waals surface area (Å²) in [7, 11) is 0. The Morgan fingerprint density at radius 3 is 2.91 bits per heavy atom. The maximum atomic E-state index is 11.8. The van der Waals surface area contributed by atoms with Gasteiger partial charge in [0, 0.05) is 28.7 Å². The Hall–Kier alpha value is -1.89. The lowest BCUT2D eigenvalue weighted by Crippen LogP contribution is -2.36. The molecule has 0 spiro atoms. The largest absolute Gasteiger partial charge is 0.393 e. The molecule has 0 bridgehead atoms. The van der Waals surface area contributed by atoms with Gasteiger partial charge in [-0.3, -0.25) is 4.79 Å². The SMILES string of the molecule is [2H]C([2H])([2H])C1([2H])C([2H])(O)CC(Nc2nc(NC(C)(C)C)ncc2C(N)=O)C([2H])([2H])C1([2H])[2H]. The third kappa shape index (κ3) is 4.79. The van der Waals surface area contributed by atoms with E-state index < -0.39 is 55.5 Å². The number of amides is 1. The molecule has 3 unspecified atom stereocenters. The minimum absolute atomic E-state index is 0.0304. The van der Waals surface area contributed by atoms with E-state index in [1.807, 2.05) is 20.8 Å². The number of aliphatic hydroxyl groups is 1. The average molecular weight is 330 g/mol. The van der Waals surface area contributed by atoms with Gasteiger partial charge >= 0.3 is 0 Å². The van der Waals surface area contributed by atoms with E-state index in [2.05, 4.69) is 20.6 Å². The molecule has 1 fully saturated rings. The molecule has 1 aliphatic rings. The van der Waals surface area contributed by atoms with Crippen molar-refractivity contribution in [3.05, 3.63) is 11.8 Å². The zero-order valence-corrected chi connectivity index (χ0v) is 13.2. The van der Waals surface area contributed by atoms with Gasteiger partial charge in [0.25, 0.3) is 5.91 Å². The van der Waals surface area contributed by atoms with E-state index in [1.54, 1.807) is 0 Å². The second-order valence-electron chi connectivity index (χ2n) is 6.19. The fraction of sp³-hybridized carbons (Fsp3) is 0.688. The molecule has 5 N–H and O–H groups in total. The van der Waals surface area contributed by atoms with Crippen LogP contribution in [0, 0.1) is 5.89 Å². The minimum atomic E-state index is -3.53. The Bertz CT molecular complexity index is 901. The molecule has 2 rings (SSSR count). The van der Waals surface area contributed by atoms with Crippen LogP contribution in [-0.4, -0.2) is 38.6 Å². The molecular formula is C16H27N5O2. The van der Waals surface area contributed by atoms with Gasteiger partial charge in [0.1, 0.15) is 5.82 Å². The number of nitrogens with one attached hydrogen (secondary N) is 2. The van der Waals surface area contributed by atoms with Gasteiger partial charge in [-0.05, 0) is 45.8 Å². The molecule has 1 aromatic heterocycles. The Kier molecular flexibility index (Phi) is 2.57. The number of aromatic nitrogens is 2. The van der Waals surface area contributed by atoms with Crippen molar-refractivity contribution >= 4 is 17.7 Å². The van der Waals surface area contributed by atoms with E-state index in [0.29, 0.717) is 0 Å². The van der Waals surface area contributed by atoms with Gasteiger partial charge < -0.3 is 21.5 Å². The normalized spacial score (nSPS) is 42.1. The van der Waals surface area contributed by atoms with Gasteiger partial charge in [0.15, 0.2) is 0 Å². The highest BCUT2D eigenvalue weighted by atomic mass is 16.3. The molecule has 23 heavy (non-hydrogen) atoms. The van der Waals surface area contributed by atoms with Gasteiger partial charge in [-0.25, -0.2) is 4.98 Å². The van der Waals surface area contributed by atoms with Gasteiger partial charge in [-0.1, -0.05) is 6.85 Å². The lowest BCUT2D eigenvalue weighted by molar-refractivity contribution is 0.0739. The number of primary amides is 1. The molecule has 1 aromatic rings. The third-order valence-electron chi connectivity index (χ3n) is 2.91. The summed E-state index contributed by atoms with van der Waals surface area (Å²) in [5.74, 6) is -4.76. The molecule has 1 saturated carbocycles. The Balaban J connectivity index is 2.59. The van der Waals surface area contributed by atoms with Crippen LogP contribution >= 0.6 is 0 Å². The molecule has 7 heteroatoms. The number of hydrogen-bond donors (Lipinski definition) is 4. The number of anilines is 2. The van der Waals surface area contributed by atoms with Crippen molar-refractivity contribution in [2.45, 2.75) is 64.5 Å². The van der Waals surface area contributed by atoms with Crippen LogP contribution in [0.15, 0.2) is 6.20 Å². The number of rotatable bonds is 4. The maximum Gasteiger partial charge on any atom is 0.254 e. The quantitative estimate of drug-likeness (QED) is 0.669. The molecule has 3 atom stereocenters. The average Bonchev–Trinajstić information content (AvgIpc) is 2.56. The summed E-state index contributed by atoms with van der Waals surface area (Å²) in [4.78, 5) is 19.9. The summed E-state index contributed by atoms with van der Waals surface area (Å²) in [6.07, 6.45) is -9.76. The number of nitrogens with two attached hydrogens (primary N) is 1. The minimum Gasteiger partial charge on any atom is -0.393 e. The topological polar surface area (TPSA) is 113 Å². The van der Waals surface area contributed by atoms with Gasteiger partial charge in [0.2, 0.25) is 5.95 Å². The number of hydrogen-bond acceptors (Lipinski definition) is 6. The van der Waals surface area contributed by atoms with Crippen molar-refractivity contribution in [2.75, 3.05) is 10.6 Å². The third-order valence-corrected chi connectivity index (χ3v) is 2.91. The van der Waals surface area contributed by atoms with Crippen molar-refractivity contribution < 1.29 is 22.2 Å². The van der Waals surface area contributed by atoms with Gasteiger partial charge in [0.05, 0.1) is 13.0 Å². The van der Waals surface area contributed by atoms with E-state index in [-0.39, 0.29) is 17.3 Å². The van der Waals surface area contributed by atoms with E-state index in [4.69, 9.17) is 18.1 Å². The van der Waals surface area contributed by atoms with Crippen LogP contribution in [0.2, 0.25) is 0 Å². The smallest absolute Gasteiger partial charge is 0.254 e. The summed E-state index contributed by atoms with van der Waals surface area (Å²) in [6.45, 7) is 1.90. The molecule has 0 aromatic carbocycles. The summed E-state index contributed by atoms with van der Waals surface area (Å²) < 4.78 is 71.9. The second-order valence-corrected chi connectivity index (χ2v) is 6.19. The molecule has 1 amide bonds. The molecule has 1 aliphatic carbocycles. The molecular weight excluding hydrogens is 294 g/mol. The number of nitrogens with zero attached hydrogens (tertiary/aromatic N) is 2.